The van der Waals surface area contributed by atoms with Crippen molar-refractivity contribution in [3.63, 3.8) is 0 Å². The molecule has 7 N–H and O–H groups in total. The Morgan fingerprint density at radius 2 is 1.28 bits per heavy atom. The van der Waals surface area contributed by atoms with Crippen LogP contribution in [0.1, 0.15) is 154 Å². The van der Waals surface area contributed by atoms with Crippen LogP contribution >= 0.6 is 0 Å². The summed E-state index contributed by atoms with van der Waals surface area (Å²) in [4.78, 5) is 108. The summed E-state index contributed by atoms with van der Waals surface area (Å²) in [6.45, 7) is 5.69. The second-order valence-electron chi connectivity index (χ2n) is 18.3. The predicted molar refractivity (Wildman–Crippen MR) is 256 cm³/mol. The molecule has 6 atom stereocenters. The Morgan fingerprint density at radius 1 is 0.721 bits per heavy atom. The van der Waals surface area contributed by atoms with Gasteiger partial charge in [-0.1, -0.05) is 103 Å². The van der Waals surface area contributed by atoms with Crippen LogP contribution in [0.15, 0.2) is 36.4 Å². The molecular formula is C51H75N5O12. The van der Waals surface area contributed by atoms with Gasteiger partial charge in [0.1, 0.15) is 35.7 Å². The van der Waals surface area contributed by atoms with Gasteiger partial charge in [0, 0.05) is 63.2 Å². The summed E-state index contributed by atoms with van der Waals surface area (Å²) in [6, 6.07) is 2.16. The van der Waals surface area contributed by atoms with Gasteiger partial charge in [-0.3, -0.25) is 38.4 Å². The number of carbonyl (C=O) groups excluding carboxylic acids is 7. The molecule has 4 bridgehead atoms. The number of hydrogen-bond donors (Lipinski definition) is 7. The van der Waals surface area contributed by atoms with Crippen LogP contribution in [0.4, 0.5) is 0 Å². The summed E-state index contributed by atoms with van der Waals surface area (Å²) < 4.78 is 0. The molecule has 0 aliphatic carbocycles. The maximum atomic E-state index is 14.2. The maximum Gasteiger partial charge on any atom is 0.325 e. The van der Waals surface area contributed by atoms with Gasteiger partial charge in [0.25, 0.3) is 0 Å². The van der Waals surface area contributed by atoms with Gasteiger partial charge >= 0.3 is 5.97 Å². The van der Waals surface area contributed by atoms with Crippen molar-refractivity contribution in [2.75, 3.05) is 20.7 Å². The maximum absolute atomic E-state index is 14.2. The number of phenols is 2. The van der Waals surface area contributed by atoms with E-state index in [0.29, 0.717) is 12.0 Å². The molecule has 1 heterocycles. The van der Waals surface area contributed by atoms with Gasteiger partial charge in [-0.25, -0.2) is 0 Å². The van der Waals surface area contributed by atoms with Crippen LogP contribution in [0.2, 0.25) is 0 Å². The van der Waals surface area contributed by atoms with E-state index in [1.807, 2.05) is 0 Å². The third-order valence-electron chi connectivity index (χ3n) is 12.8. The number of carbonyl (C=O) groups is 8. The smallest absolute Gasteiger partial charge is 0.325 e. The van der Waals surface area contributed by atoms with E-state index < -0.39 is 96.7 Å². The summed E-state index contributed by atoms with van der Waals surface area (Å²) in [5, 5.41) is 48.9. The molecule has 0 unspecified atom stereocenters. The zero-order chi connectivity index (χ0) is 50.5. The largest absolute Gasteiger partial charge is 0.507 e. The minimum Gasteiger partial charge on any atom is -0.507 e. The summed E-state index contributed by atoms with van der Waals surface area (Å²) in [5.74, 6) is -7.23. The Bertz CT molecular complexity index is 2060. The molecule has 0 radical (unpaired) electrons. The number of phenolic OH excluding ortho intramolecular Hbond substituents is 2. The van der Waals surface area contributed by atoms with E-state index in [1.54, 1.807) is 0 Å². The third-order valence-corrected chi connectivity index (χ3v) is 12.8. The first kappa shape index (κ1) is 56.5. The van der Waals surface area contributed by atoms with E-state index in [4.69, 9.17) is 0 Å². The standard InChI is InChI=1S/C51H75N5O12/c1-7-8-9-10-11-12-13-14-15-16-17-18-19-20-45(62)55(5)40(31-57)50(66)52-33(3)41(58)25-26-46(63)56(6)47-36-22-24-43(60)38(30-36)37-28-35(21-23-42(37)59)29-39(49(65)53-34(4)51(67)68)54-48(64)32(2)27-44(47)61/h21-24,28,30,32-34,39-40,47,57,59-60H,7-20,25-27,29,31H2,1-6H3,(H,52,66)(H,53,65)(H,54,64)(H,67,68)/t32-,33-,34+,39+,40-,47+/m1/s1. The molecule has 0 saturated heterocycles. The molecule has 376 valence electrons. The normalized spacial score (nSPS) is 17.4. The third kappa shape index (κ3) is 17.4. The van der Waals surface area contributed by atoms with Crippen LogP contribution in [0, 0.1) is 5.92 Å². The Labute approximate surface area is 400 Å². The number of aliphatic hydroxyl groups excluding tert-OH is 1. The van der Waals surface area contributed by atoms with E-state index in [-0.39, 0.29) is 53.4 Å². The van der Waals surface area contributed by atoms with Gasteiger partial charge in [-0.2, -0.15) is 0 Å². The van der Waals surface area contributed by atoms with Crippen LogP contribution in [-0.2, 0) is 44.8 Å². The number of ketones is 2. The van der Waals surface area contributed by atoms with E-state index >= 15 is 0 Å². The number of aromatic hydroxyl groups is 2. The zero-order valence-electron chi connectivity index (χ0n) is 40.8. The number of rotatable bonds is 26. The average molecular weight is 950 g/mol. The first-order valence-electron chi connectivity index (χ1n) is 24.3. The van der Waals surface area contributed by atoms with Gasteiger partial charge in [0.15, 0.2) is 11.6 Å². The molecule has 0 aromatic heterocycles. The van der Waals surface area contributed by atoms with Crippen molar-refractivity contribution in [2.45, 2.75) is 173 Å². The molecule has 1 aliphatic heterocycles. The average Bonchev–Trinajstić information content (AvgIpc) is 3.30. The number of unbranched alkanes of at least 4 members (excludes halogenated alkanes) is 12. The van der Waals surface area contributed by atoms with Crippen molar-refractivity contribution >= 4 is 47.1 Å². The number of nitrogens with zero attached hydrogens (tertiary/aromatic N) is 2. The molecule has 1 aliphatic rings. The van der Waals surface area contributed by atoms with Crippen LogP contribution in [-0.4, -0.2) is 122 Å². The van der Waals surface area contributed by atoms with Crippen LogP contribution in [0.5, 0.6) is 11.5 Å². The fourth-order valence-electron chi connectivity index (χ4n) is 8.31. The molecule has 17 nitrogen and oxygen atoms in total. The van der Waals surface area contributed by atoms with Crippen molar-refractivity contribution in [2.24, 2.45) is 5.92 Å². The fraction of sp³-hybridized carbons (Fsp3) is 0.608. The molecule has 3 rings (SSSR count). The highest BCUT2D eigenvalue weighted by molar-refractivity contribution is 5.97. The molecular weight excluding hydrogens is 875 g/mol. The topological polar surface area (TPSA) is 260 Å². The van der Waals surface area contributed by atoms with Gasteiger partial charge < -0.3 is 46.2 Å². The van der Waals surface area contributed by atoms with Crippen LogP contribution in [0.3, 0.4) is 0 Å². The Hall–Kier alpha value is -5.84. The second kappa shape index (κ2) is 28.5. The first-order valence-corrected chi connectivity index (χ1v) is 24.3. The number of Topliss-reactive ketones (excluding diaryl/α,β-unsaturated/α-hetero) is 2. The van der Waals surface area contributed by atoms with Gasteiger partial charge in [-0.05, 0) is 55.7 Å². The summed E-state index contributed by atoms with van der Waals surface area (Å²) in [6.07, 6.45) is 14.0. The second-order valence-corrected chi connectivity index (χ2v) is 18.3. The van der Waals surface area contributed by atoms with Crippen molar-refractivity contribution in [3.8, 4) is 22.6 Å². The molecule has 0 saturated carbocycles. The number of aliphatic hydroxyl groups is 1. The Kier molecular flexibility index (Phi) is 23.7. The Balaban J connectivity index is 1.65. The summed E-state index contributed by atoms with van der Waals surface area (Å²) >= 11 is 0. The van der Waals surface area contributed by atoms with E-state index in [1.165, 1.54) is 134 Å². The SMILES string of the molecule is CCCCCCCCCCCCCCCC(=O)N(C)[C@H](CO)C(=O)N[C@H](C)C(=O)CCC(=O)N(C)[C@@H]1C(=O)C[C@@H](C)C(=O)N[C@H](C(=O)N[C@@H](C)C(=O)O)Cc2ccc(O)c(c2)-c2cc1ccc2O. The zero-order valence-corrected chi connectivity index (χ0v) is 40.8. The number of carboxylic acids is 1. The number of fused-ring (bicyclic) bond motifs is 5. The molecule has 0 fully saturated rings. The van der Waals surface area contributed by atoms with Gasteiger partial charge in [0.2, 0.25) is 29.5 Å². The van der Waals surface area contributed by atoms with E-state index in [0.717, 1.165) is 24.2 Å². The Morgan fingerprint density at radius 3 is 1.85 bits per heavy atom. The highest BCUT2D eigenvalue weighted by atomic mass is 16.4. The number of aliphatic carboxylic acids is 1. The summed E-state index contributed by atoms with van der Waals surface area (Å²) in [5.41, 5.74) is 0.844. The van der Waals surface area contributed by atoms with Crippen molar-refractivity contribution in [3.05, 3.63) is 47.5 Å². The molecule has 17 heteroatoms. The monoisotopic (exact) mass is 950 g/mol. The number of hydrogen-bond acceptors (Lipinski definition) is 11. The van der Waals surface area contributed by atoms with Crippen molar-refractivity contribution in [1.29, 1.82) is 0 Å². The van der Waals surface area contributed by atoms with Crippen molar-refractivity contribution < 1.29 is 58.8 Å². The van der Waals surface area contributed by atoms with Crippen LogP contribution < -0.4 is 16.0 Å². The minimum atomic E-state index is -1.36. The highest BCUT2D eigenvalue weighted by Crippen LogP contribution is 2.39. The van der Waals surface area contributed by atoms with E-state index in [9.17, 15) is 58.8 Å². The molecule has 5 amide bonds. The van der Waals surface area contributed by atoms with Crippen molar-refractivity contribution in [1.82, 2.24) is 25.8 Å². The predicted octanol–water partition coefficient (Wildman–Crippen LogP) is 5.64. The number of likely N-dealkylation sites (N-methyl/N-ethyl adjacent to an activating group) is 2. The number of carboxylic acid groups (broad SMARTS) is 1. The molecule has 2 aromatic rings. The van der Waals surface area contributed by atoms with Crippen LogP contribution in [0.25, 0.3) is 11.1 Å². The lowest BCUT2D eigenvalue weighted by molar-refractivity contribution is -0.142. The minimum absolute atomic E-state index is 0.0861. The number of nitrogens with one attached hydrogen (secondary N) is 3. The number of benzene rings is 2. The van der Waals surface area contributed by atoms with Gasteiger partial charge in [0.05, 0.1) is 12.6 Å². The lowest BCUT2D eigenvalue weighted by atomic mass is 9.89. The highest BCUT2D eigenvalue weighted by Gasteiger charge is 2.35. The first-order chi connectivity index (χ1) is 32.3. The molecule has 0 spiro atoms. The van der Waals surface area contributed by atoms with Gasteiger partial charge in [-0.15, -0.1) is 0 Å². The molecule has 68 heavy (non-hydrogen) atoms. The quantitative estimate of drug-likeness (QED) is 0.0565. The molecule has 2 aromatic carbocycles. The fourth-order valence-corrected chi connectivity index (χ4v) is 8.31. The lowest BCUT2D eigenvalue weighted by Gasteiger charge is -2.30. The number of amides is 5. The lowest BCUT2D eigenvalue weighted by Crippen LogP contribution is -2.53. The van der Waals surface area contributed by atoms with E-state index in [2.05, 4.69) is 22.9 Å². The summed E-state index contributed by atoms with van der Waals surface area (Å²) in [7, 11) is 2.78.